The van der Waals surface area contributed by atoms with Crippen molar-refractivity contribution in [2.45, 2.75) is 6.92 Å². The predicted molar refractivity (Wildman–Crippen MR) is 36.8 cm³/mol. The van der Waals surface area contributed by atoms with Gasteiger partial charge in [-0.25, -0.2) is 0 Å². The molecule has 46 valence electrons. The van der Waals surface area contributed by atoms with Crippen LogP contribution in [0.5, 0.6) is 0 Å². The minimum absolute atomic E-state index is 0. The quantitative estimate of drug-likeness (QED) is 0.381. The first-order valence-corrected chi connectivity index (χ1v) is 2.46. The molecular weight excluding hydrogens is 166 g/mol. The molecule has 1 N–H and O–H groups in total. The van der Waals surface area contributed by atoms with Crippen LogP contribution in [-0.4, -0.2) is 73.8 Å². The molecular formula is C2H6Na2O4S. The van der Waals surface area contributed by atoms with Crippen LogP contribution in [-0.2, 0) is 20.3 Å². The fourth-order valence-corrected chi connectivity index (χ4v) is 0.301. The van der Waals surface area contributed by atoms with E-state index >= 15 is 0 Å². The standard InChI is InChI=1S/C2H4O4S.2Na.2H/c1-2(3)6-7(4)5;;;;/h1H3,(H,4,5);;;;. The van der Waals surface area contributed by atoms with E-state index in [9.17, 15) is 9.00 Å². The summed E-state index contributed by atoms with van der Waals surface area (Å²) in [4.78, 5) is 9.68. The zero-order valence-corrected chi connectivity index (χ0v) is 4.40. The van der Waals surface area contributed by atoms with Crippen molar-refractivity contribution in [2.75, 3.05) is 0 Å². The van der Waals surface area contributed by atoms with Crippen molar-refractivity contribution in [1.82, 2.24) is 0 Å². The third-order valence-corrected chi connectivity index (χ3v) is 0.566. The first-order chi connectivity index (χ1) is 3.13. The van der Waals surface area contributed by atoms with Crippen molar-refractivity contribution in [3.8, 4) is 0 Å². The van der Waals surface area contributed by atoms with Crippen LogP contribution in [0, 0.1) is 0 Å². The molecule has 7 heteroatoms. The third-order valence-electron chi connectivity index (χ3n) is 0.189. The van der Waals surface area contributed by atoms with E-state index in [1.54, 1.807) is 0 Å². The van der Waals surface area contributed by atoms with Gasteiger partial charge in [0.2, 0.25) is 0 Å². The van der Waals surface area contributed by atoms with Gasteiger partial charge in [0.1, 0.15) is 0 Å². The molecule has 0 fully saturated rings. The molecule has 0 aromatic rings. The normalized spacial score (nSPS) is 10.0. The Balaban J connectivity index is -0.000000180. The monoisotopic (exact) mass is 172 g/mol. The maximum absolute atomic E-state index is 9.68. The molecule has 0 bridgehead atoms. The van der Waals surface area contributed by atoms with Crippen LogP contribution >= 0.6 is 0 Å². The van der Waals surface area contributed by atoms with Gasteiger partial charge in [0.25, 0.3) is 0 Å². The molecule has 0 heterocycles. The molecule has 0 rings (SSSR count). The topological polar surface area (TPSA) is 63.6 Å². The predicted octanol–water partition coefficient (Wildman–Crippen LogP) is -1.61. The zero-order chi connectivity index (χ0) is 5.86. The van der Waals surface area contributed by atoms with Crippen LogP contribution in [0.2, 0.25) is 0 Å². The molecule has 0 saturated carbocycles. The summed E-state index contributed by atoms with van der Waals surface area (Å²) in [5, 5.41) is 0. The van der Waals surface area contributed by atoms with E-state index < -0.39 is 17.3 Å². The maximum atomic E-state index is 9.68. The van der Waals surface area contributed by atoms with Crippen LogP contribution in [0.4, 0.5) is 0 Å². The molecule has 4 nitrogen and oxygen atoms in total. The van der Waals surface area contributed by atoms with Gasteiger partial charge in [-0.3, -0.25) is 9.35 Å². The molecule has 0 amide bonds. The van der Waals surface area contributed by atoms with Gasteiger partial charge < -0.3 is 4.18 Å². The summed E-state index contributed by atoms with van der Waals surface area (Å²) in [7, 11) is 0. The van der Waals surface area contributed by atoms with E-state index in [-0.39, 0.29) is 59.1 Å². The van der Waals surface area contributed by atoms with E-state index in [1.807, 2.05) is 0 Å². The van der Waals surface area contributed by atoms with Crippen molar-refractivity contribution in [1.29, 1.82) is 0 Å². The SMILES string of the molecule is CC(=O)OS(=O)O.[NaH].[NaH]. The molecule has 1 atom stereocenters. The number of rotatable bonds is 1. The summed E-state index contributed by atoms with van der Waals surface area (Å²) in [6, 6.07) is 0. The second kappa shape index (κ2) is 9.58. The first-order valence-electron chi connectivity index (χ1n) is 1.42. The average Bonchev–Trinajstić information content (AvgIpc) is 1.27. The number of hydrogen-bond acceptors (Lipinski definition) is 3. The van der Waals surface area contributed by atoms with Crippen molar-refractivity contribution >= 4 is 76.4 Å². The fourth-order valence-electron chi connectivity index (χ4n) is 0.100. The summed E-state index contributed by atoms with van der Waals surface area (Å²) >= 11 is -2.45. The molecule has 0 spiro atoms. The summed E-state index contributed by atoms with van der Waals surface area (Å²) < 4.78 is 20.9. The molecule has 1 unspecified atom stereocenters. The Morgan fingerprint density at radius 1 is 1.56 bits per heavy atom. The van der Waals surface area contributed by atoms with Gasteiger partial charge in [0, 0.05) is 6.92 Å². The van der Waals surface area contributed by atoms with Gasteiger partial charge in [-0.15, -0.1) is 0 Å². The Labute approximate surface area is 99.8 Å². The molecule has 9 heavy (non-hydrogen) atoms. The summed E-state index contributed by atoms with van der Waals surface area (Å²) in [6.45, 7) is 1.05. The Morgan fingerprint density at radius 2 is 1.89 bits per heavy atom. The van der Waals surface area contributed by atoms with Gasteiger partial charge in [-0.1, -0.05) is 0 Å². The number of carbonyl (C=O) groups excluding carboxylic acids is 1. The summed E-state index contributed by atoms with van der Waals surface area (Å²) in [5.74, 6) is -0.763. The molecule has 0 aromatic heterocycles. The Hall–Kier alpha value is 1.58. The van der Waals surface area contributed by atoms with Gasteiger partial charge in [0.05, 0.1) is 0 Å². The Kier molecular flexibility index (Phi) is 18.0. The van der Waals surface area contributed by atoms with Crippen molar-refractivity contribution < 1.29 is 17.7 Å². The van der Waals surface area contributed by atoms with Crippen LogP contribution in [0.15, 0.2) is 0 Å². The average molecular weight is 172 g/mol. The van der Waals surface area contributed by atoms with Crippen molar-refractivity contribution in [3.63, 3.8) is 0 Å². The summed E-state index contributed by atoms with van der Waals surface area (Å²) in [6.07, 6.45) is 0. The molecule has 0 aromatic carbocycles. The van der Waals surface area contributed by atoms with E-state index in [4.69, 9.17) is 4.55 Å². The zero-order valence-electron chi connectivity index (χ0n) is 3.58. The second-order valence-corrected chi connectivity index (χ2v) is 1.39. The van der Waals surface area contributed by atoms with Crippen LogP contribution in [0.25, 0.3) is 0 Å². The van der Waals surface area contributed by atoms with Gasteiger partial charge in [0.15, 0.2) is 0 Å². The first kappa shape index (κ1) is 16.9. The molecule has 0 aliphatic heterocycles. The van der Waals surface area contributed by atoms with Crippen molar-refractivity contribution in [2.24, 2.45) is 0 Å². The minimum atomic E-state index is -2.45. The molecule has 0 aliphatic carbocycles. The fraction of sp³-hybridized carbons (Fsp3) is 0.500. The summed E-state index contributed by atoms with van der Waals surface area (Å²) in [5.41, 5.74) is 0. The van der Waals surface area contributed by atoms with Crippen LogP contribution < -0.4 is 0 Å². The van der Waals surface area contributed by atoms with Gasteiger partial charge in [-0.2, -0.15) is 4.21 Å². The number of hydrogen-bond donors (Lipinski definition) is 1. The second-order valence-electron chi connectivity index (χ2n) is 0.792. The van der Waals surface area contributed by atoms with Crippen LogP contribution in [0.1, 0.15) is 6.92 Å². The Morgan fingerprint density at radius 3 is 1.89 bits per heavy atom. The number of carbonyl (C=O) groups is 1. The van der Waals surface area contributed by atoms with Crippen LogP contribution in [0.3, 0.4) is 0 Å². The van der Waals surface area contributed by atoms with Gasteiger partial charge in [-0.05, 0) is 0 Å². The van der Waals surface area contributed by atoms with E-state index in [0.717, 1.165) is 6.92 Å². The molecule has 0 aliphatic rings. The Bertz CT molecular complexity index is 92.7. The van der Waals surface area contributed by atoms with Gasteiger partial charge >= 0.3 is 76.4 Å². The van der Waals surface area contributed by atoms with E-state index in [0.29, 0.717) is 0 Å². The molecule has 0 saturated heterocycles. The molecule has 0 radical (unpaired) electrons. The van der Waals surface area contributed by atoms with Crippen molar-refractivity contribution in [3.05, 3.63) is 0 Å². The van der Waals surface area contributed by atoms with E-state index in [1.165, 1.54) is 0 Å². The third kappa shape index (κ3) is 17.7. The van der Waals surface area contributed by atoms with E-state index in [2.05, 4.69) is 4.18 Å².